The summed E-state index contributed by atoms with van der Waals surface area (Å²) in [6.07, 6.45) is 2.40. The summed E-state index contributed by atoms with van der Waals surface area (Å²) in [5, 5.41) is 11.9. The van der Waals surface area contributed by atoms with Crippen LogP contribution in [0.25, 0.3) is 0 Å². The van der Waals surface area contributed by atoms with Gasteiger partial charge in [0.2, 0.25) is 5.91 Å². The van der Waals surface area contributed by atoms with Gasteiger partial charge in [-0.2, -0.15) is 0 Å². The van der Waals surface area contributed by atoms with E-state index in [0.29, 0.717) is 19.7 Å². The zero-order chi connectivity index (χ0) is 19.9. The molecule has 0 atom stereocenters. The Morgan fingerprint density at radius 2 is 1.96 bits per heavy atom. The maximum absolute atomic E-state index is 12.5. The number of likely N-dealkylation sites (tertiary alicyclic amines) is 1. The molecule has 1 fully saturated rings. The number of amides is 1. The Morgan fingerprint density at radius 1 is 1.25 bits per heavy atom. The number of rotatable bonds is 8. The molecular weight excluding hydrogens is 356 g/mol. The minimum absolute atomic E-state index is 0.0340. The van der Waals surface area contributed by atoms with Gasteiger partial charge in [-0.05, 0) is 61.3 Å². The predicted molar refractivity (Wildman–Crippen MR) is 106 cm³/mol. The van der Waals surface area contributed by atoms with Crippen LogP contribution < -0.4 is 4.74 Å². The monoisotopic (exact) mass is 386 g/mol. The average Bonchev–Trinajstić information content (AvgIpc) is 3.11. The third-order valence-corrected chi connectivity index (χ3v) is 5.27. The standard InChI is InChI=1S/C20H30N6O2/c1-16-4-6-18(7-5-16)28-13-12-24(3)20(27)15-26-19(21-22-23-26)14-25-10-8-17(2)9-11-25/h4-7,17H,8-15H2,1-3H3. The molecule has 28 heavy (non-hydrogen) atoms. The molecule has 8 nitrogen and oxygen atoms in total. The third-order valence-electron chi connectivity index (χ3n) is 5.27. The fourth-order valence-corrected chi connectivity index (χ4v) is 3.19. The molecule has 1 aromatic heterocycles. The molecule has 2 aromatic rings. The average molecular weight is 387 g/mol. The first-order valence-corrected chi connectivity index (χ1v) is 9.92. The van der Waals surface area contributed by atoms with Crippen molar-refractivity contribution in [2.75, 3.05) is 33.3 Å². The van der Waals surface area contributed by atoms with Crippen molar-refractivity contribution < 1.29 is 9.53 Å². The molecule has 152 valence electrons. The predicted octanol–water partition coefficient (Wildman–Crippen LogP) is 1.75. The van der Waals surface area contributed by atoms with Gasteiger partial charge >= 0.3 is 0 Å². The highest BCUT2D eigenvalue weighted by Crippen LogP contribution is 2.17. The summed E-state index contributed by atoms with van der Waals surface area (Å²) in [6, 6.07) is 7.89. The molecule has 1 aliphatic rings. The van der Waals surface area contributed by atoms with Gasteiger partial charge in [-0.3, -0.25) is 9.69 Å². The molecule has 0 N–H and O–H groups in total. The van der Waals surface area contributed by atoms with Crippen LogP contribution in [0.2, 0.25) is 0 Å². The van der Waals surface area contributed by atoms with Crippen LogP contribution in [0.3, 0.4) is 0 Å². The van der Waals surface area contributed by atoms with Crippen LogP contribution in [0, 0.1) is 12.8 Å². The lowest BCUT2D eigenvalue weighted by Crippen LogP contribution is -2.36. The second kappa shape index (κ2) is 9.64. The van der Waals surface area contributed by atoms with E-state index < -0.39 is 0 Å². The highest BCUT2D eigenvalue weighted by atomic mass is 16.5. The number of hydrogen-bond donors (Lipinski definition) is 0. The van der Waals surface area contributed by atoms with Gasteiger partial charge in [0, 0.05) is 7.05 Å². The molecule has 0 radical (unpaired) electrons. The maximum atomic E-state index is 12.5. The molecule has 0 bridgehead atoms. The van der Waals surface area contributed by atoms with E-state index in [4.69, 9.17) is 4.74 Å². The van der Waals surface area contributed by atoms with Crippen LogP contribution >= 0.6 is 0 Å². The van der Waals surface area contributed by atoms with Crippen LogP contribution in [0.4, 0.5) is 0 Å². The van der Waals surface area contributed by atoms with Crippen LogP contribution in [0.15, 0.2) is 24.3 Å². The number of tetrazole rings is 1. The molecule has 1 aromatic carbocycles. The van der Waals surface area contributed by atoms with Crippen molar-refractivity contribution in [1.82, 2.24) is 30.0 Å². The second-order valence-corrected chi connectivity index (χ2v) is 7.69. The smallest absolute Gasteiger partial charge is 0.244 e. The van der Waals surface area contributed by atoms with Gasteiger partial charge in [0.1, 0.15) is 18.9 Å². The molecule has 1 aliphatic heterocycles. The number of likely N-dealkylation sites (N-methyl/N-ethyl adjacent to an activating group) is 1. The second-order valence-electron chi connectivity index (χ2n) is 7.69. The van der Waals surface area contributed by atoms with Crippen molar-refractivity contribution in [3.05, 3.63) is 35.7 Å². The summed E-state index contributed by atoms with van der Waals surface area (Å²) in [7, 11) is 1.77. The van der Waals surface area contributed by atoms with Gasteiger partial charge in [0.25, 0.3) is 0 Å². The summed E-state index contributed by atoms with van der Waals surface area (Å²) in [6.45, 7) is 8.22. The van der Waals surface area contributed by atoms with E-state index in [9.17, 15) is 4.79 Å². The van der Waals surface area contributed by atoms with E-state index in [2.05, 4.69) is 27.3 Å². The Hall–Kier alpha value is -2.48. The number of nitrogens with zero attached hydrogens (tertiary/aromatic N) is 6. The molecule has 0 unspecified atom stereocenters. The van der Waals surface area contributed by atoms with E-state index in [-0.39, 0.29) is 12.5 Å². The molecule has 0 saturated carbocycles. The largest absolute Gasteiger partial charge is 0.492 e. The van der Waals surface area contributed by atoms with E-state index in [1.807, 2.05) is 31.2 Å². The summed E-state index contributed by atoms with van der Waals surface area (Å²) < 4.78 is 7.31. The minimum atomic E-state index is -0.0340. The van der Waals surface area contributed by atoms with Gasteiger partial charge in [0.15, 0.2) is 5.82 Å². The van der Waals surface area contributed by atoms with Gasteiger partial charge in [-0.1, -0.05) is 24.6 Å². The molecular formula is C20H30N6O2. The van der Waals surface area contributed by atoms with Crippen LogP contribution in [-0.4, -0.2) is 69.2 Å². The maximum Gasteiger partial charge on any atom is 0.244 e. The quantitative estimate of drug-likeness (QED) is 0.688. The summed E-state index contributed by atoms with van der Waals surface area (Å²) in [4.78, 5) is 16.5. The summed E-state index contributed by atoms with van der Waals surface area (Å²) in [5.41, 5.74) is 1.19. The lowest BCUT2D eigenvalue weighted by atomic mass is 9.99. The molecule has 1 amide bonds. The summed E-state index contributed by atoms with van der Waals surface area (Å²) >= 11 is 0. The first-order valence-electron chi connectivity index (χ1n) is 9.92. The number of benzene rings is 1. The molecule has 2 heterocycles. The highest BCUT2D eigenvalue weighted by Gasteiger charge is 2.20. The van der Waals surface area contributed by atoms with Crippen molar-refractivity contribution in [2.24, 2.45) is 5.92 Å². The van der Waals surface area contributed by atoms with E-state index >= 15 is 0 Å². The molecule has 0 spiro atoms. The molecule has 0 aliphatic carbocycles. The van der Waals surface area contributed by atoms with Crippen LogP contribution in [0.5, 0.6) is 5.75 Å². The number of aryl methyl sites for hydroxylation is 1. The van der Waals surface area contributed by atoms with E-state index in [1.165, 1.54) is 18.4 Å². The first-order chi connectivity index (χ1) is 13.5. The van der Waals surface area contributed by atoms with Gasteiger partial charge in [-0.15, -0.1) is 5.10 Å². The van der Waals surface area contributed by atoms with Crippen molar-refractivity contribution in [2.45, 2.75) is 39.8 Å². The Kier molecular flexibility index (Phi) is 6.97. The van der Waals surface area contributed by atoms with Crippen molar-refractivity contribution in [1.29, 1.82) is 0 Å². The lowest BCUT2D eigenvalue weighted by molar-refractivity contribution is -0.131. The lowest BCUT2D eigenvalue weighted by Gasteiger charge is -2.29. The number of ether oxygens (including phenoxy) is 1. The van der Waals surface area contributed by atoms with Crippen molar-refractivity contribution in [3.8, 4) is 5.75 Å². The SMILES string of the molecule is Cc1ccc(OCCN(C)C(=O)Cn2nnnc2CN2CCC(C)CC2)cc1. The molecule has 3 rings (SSSR count). The third kappa shape index (κ3) is 5.76. The Labute approximate surface area is 166 Å². The number of piperidine rings is 1. The van der Waals surface area contributed by atoms with Gasteiger partial charge in [-0.25, -0.2) is 4.68 Å². The number of aromatic nitrogens is 4. The van der Waals surface area contributed by atoms with Crippen molar-refractivity contribution >= 4 is 5.91 Å². The fourth-order valence-electron chi connectivity index (χ4n) is 3.19. The highest BCUT2D eigenvalue weighted by molar-refractivity contribution is 5.75. The number of carbonyl (C=O) groups is 1. The molecule has 1 saturated heterocycles. The normalized spacial score (nSPS) is 15.5. The Balaban J connectivity index is 1.45. The topological polar surface area (TPSA) is 76.4 Å². The van der Waals surface area contributed by atoms with Gasteiger partial charge in [0.05, 0.1) is 13.1 Å². The zero-order valence-electron chi connectivity index (χ0n) is 17.0. The minimum Gasteiger partial charge on any atom is -0.492 e. The van der Waals surface area contributed by atoms with Crippen molar-refractivity contribution in [3.63, 3.8) is 0 Å². The van der Waals surface area contributed by atoms with Crippen LogP contribution in [0.1, 0.15) is 31.2 Å². The molecule has 8 heteroatoms. The number of carbonyl (C=O) groups excluding carboxylic acids is 1. The van der Waals surface area contributed by atoms with Crippen LogP contribution in [-0.2, 0) is 17.9 Å². The zero-order valence-corrected chi connectivity index (χ0v) is 17.0. The Morgan fingerprint density at radius 3 is 2.68 bits per heavy atom. The van der Waals surface area contributed by atoms with E-state index in [1.54, 1.807) is 16.6 Å². The van der Waals surface area contributed by atoms with E-state index in [0.717, 1.165) is 30.6 Å². The fraction of sp³-hybridized carbons (Fsp3) is 0.600. The van der Waals surface area contributed by atoms with Gasteiger partial charge < -0.3 is 9.64 Å². The first kappa shape index (κ1) is 20.3. The summed E-state index contributed by atoms with van der Waals surface area (Å²) in [5.74, 6) is 2.30. The number of hydrogen-bond acceptors (Lipinski definition) is 6. The Bertz CT molecular complexity index is 752.